The number of hydrogen-bond donors (Lipinski definition) is 6. The third-order valence-electron chi connectivity index (χ3n) is 6.26. The molecule has 6 N–H and O–H groups in total. The summed E-state index contributed by atoms with van der Waals surface area (Å²) in [5.41, 5.74) is -0.0876. The van der Waals surface area contributed by atoms with Crippen LogP contribution in [0.1, 0.15) is 19.3 Å². The molecule has 21 heteroatoms. The summed E-state index contributed by atoms with van der Waals surface area (Å²) in [7, 11) is -9.32. The lowest BCUT2D eigenvalue weighted by Crippen LogP contribution is -2.14. The van der Waals surface area contributed by atoms with Crippen molar-refractivity contribution in [2.24, 2.45) is 0 Å². The number of nitrogens with one attached hydrogen (secondary N) is 2. The number of anilines is 2. The van der Waals surface area contributed by atoms with Crippen LogP contribution in [0, 0.1) is 0 Å². The number of rotatable bonds is 12. The highest BCUT2D eigenvalue weighted by Gasteiger charge is 2.22. The third kappa shape index (κ3) is 8.25. The van der Waals surface area contributed by atoms with Crippen molar-refractivity contribution in [3.63, 3.8) is 0 Å². The predicted molar refractivity (Wildman–Crippen MR) is 169 cm³/mol. The Labute approximate surface area is 276 Å². The van der Waals surface area contributed by atoms with E-state index in [0.29, 0.717) is 50.5 Å². The predicted octanol–water partition coefficient (Wildman–Crippen LogP) is 5.91. The molecule has 5 rings (SSSR count). The molecular weight excluding hydrogens is 725 g/mol. The van der Waals surface area contributed by atoms with Crippen molar-refractivity contribution in [1.82, 2.24) is 0 Å². The van der Waals surface area contributed by atoms with E-state index in [1.807, 2.05) is 0 Å². The average molecular weight is 743 g/mol. The molecule has 0 aliphatic heterocycles. The molecule has 2 amide bonds. The average Bonchev–Trinajstić information content (AvgIpc) is 3.52. The fourth-order valence-corrected chi connectivity index (χ4v) is 7.12. The molecule has 1 aromatic heterocycles. The van der Waals surface area contributed by atoms with Crippen LogP contribution in [-0.2, 0) is 39.0 Å². The summed E-state index contributed by atoms with van der Waals surface area (Å²) in [6, 6.07) is 16.4. The van der Waals surface area contributed by atoms with Gasteiger partial charge in [0.15, 0.2) is 0 Å². The lowest BCUT2D eigenvalue weighted by Gasteiger charge is -2.12. The fourth-order valence-electron chi connectivity index (χ4n) is 4.26. The van der Waals surface area contributed by atoms with Gasteiger partial charge in [0.1, 0.15) is 4.90 Å². The van der Waals surface area contributed by atoms with Crippen LogP contribution >= 0.6 is 35.4 Å². The van der Waals surface area contributed by atoms with E-state index in [9.17, 15) is 35.5 Å². The summed E-state index contributed by atoms with van der Waals surface area (Å²) < 4.78 is 75.5. The summed E-state index contributed by atoms with van der Waals surface area (Å²) in [4.78, 5) is 26.0. The molecule has 0 aliphatic rings. The number of carbonyl (C=O) groups excluding carboxylic acids is 2. The highest BCUT2D eigenvalue weighted by molar-refractivity contribution is 7.95. The highest BCUT2D eigenvalue weighted by atomic mass is 32.2. The Kier molecular flexibility index (Phi) is 10.5. The first-order chi connectivity index (χ1) is 22.3. The third-order valence-corrected chi connectivity index (χ3v) is 10.3. The van der Waals surface area contributed by atoms with E-state index in [1.54, 1.807) is 12.1 Å². The Morgan fingerprint density at radius 3 is 1.83 bits per heavy atom. The van der Waals surface area contributed by atoms with E-state index in [-0.39, 0.29) is 30.9 Å². The van der Waals surface area contributed by atoms with E-state index in [4.69, 9.17) is 10.5 Å². The molecule has 4 aromatic carbocycles. The van der Waals surface area contributed by atoms with Gasteiger partial charge in [0.05, 0.1) is 55.0 Å². The number of hydrogen-bond acceptors (Lipinski definition) is 15. The molecule has 0 aliphatic carbocycles. The Morgan fingerprint density at radius 1 is 0.638 bits per heavy atom. The molecule has 0 saturated carbocycles. The van der Waals surface area contributed by atoms with Gasteiger partial charge in [-0.15, -0.1) is 20.0 Å². The van der Waals surface area contributed by atoms with Crippen LogP contribution in [0.15, 0.2) is 92.4 Å². The summed E-state index contributed by atoms with van der Waals surface area (Å²) >= 11 is 1.88. The van der Waals surface area contributed by atoms with Crippen molar-refractivity contribution in [2.75, 3.05) is 10.6 Å². The van der Waals surface area contributed by atoms with Gasteiger partial charge in [0.25, 0.3) is 32.1 Å². The number of fused-ring (bicyclic) bond motifs is 2. The molecule has 0 spiro atoms. The maximum atomic E-state index is 13.2. The zero-order chi connectivity index (χ0) is 33.9. The Hall–Kier alpha value is -3.68. The summed E-state index contributed by atoms with van der Waals surface area (Å²) in [6.07, 6.45) is 0. The summed E-state index contributed by atoms with van der Waals surface area (Å²) in [5, 5.41) is 30.8. The van der Waals surface area contributed by atoms with Crippen LogP contribution in [0.5, 0.6) is 0 Å². The number of benzene rings is 4. The van der Waals surface area contributed by atoms with Crippen molar-refractivity contribution in [2.45, 2.75) is 19.6 Å². The van der Waals surface area contributed by atoms with Gasteiger partial charge in [0, 0.05) is 4.90 Å². The van der Waals surface area contributed by atoms with Gasteiger partial charge in [-0.3, -0.25) is 18.7 Å². The largest absolute Gasteiger partial charge is 0.320 e. The van der Waals surface area contributed by atoms with E-state index < -0.39 is 36.9 Å². The van der Waals surface area contributed by atoms with E-state index >= 15 is 0 Å². The van der Waals surface area contributed by atoms with Crippen molar-refractivity contribution < 1.29 is 64.8 Å². The van der Waals surface area contributed by atoms with E-state index in [1.165, 1.54) is 48.5 Å². The second-order valence-electron chi connectivity index (χ2n) is 9.19. The zero-order valence-electron chi connectivity index (χ0n) is 22.8. The summed E-state index contributed by atoms with van der Waals surface area (Å²) in [5.74, 6) is -1.47. The molecule has 246 valence electrons. The van der Waals surface area contributed by atoms with Crippen LogP contribution in [-0.4, -0.2) is 48.3 Å². The molecule has 0 atom stereocenters. The maximum Gasteiger partial charge on any atom is 0.296 e. The number of carbonyl (C=O) groups is 2. The van der Waals surface area contributed by atoms with Gasteiger partial charge in [-0.2, -0.15) is 16.8 Å². The molecule has 47 heavy (non-hydrogen) atoms. The minimum atomic E-state index is -4.82. The molecule has 0 fully saturated rings. The zero-order valence-corrected chi connectivity index (χ0v) is 26.9. The number of thiophene rings is 1. The Balaban J connectivity index is 1.39. The van der Waals surface area contributed by atoms with Crippen molar-refractivity contribution in [3.8, 4) is 0 Å². The van der Waals surface area contributed by atoms with Crippen LogP contribution in [0.4, 0.5) is 11.4 Å². The first-order valence-corrected chi connectivity index (χ1v) is 17.6. The maximum absolute atomic E-state index is 13.2. The van der Waals surface area contributed by atoms with Crippen LogP contribution in [0.3, 0.4) is 0 Å². The van der Waals surface area contributed by atoms with Gasteiger partial charge in [-0.1, -0.05) is 22.2 Å². The first-order valence-electron chi connectivity index (χ1n) is 12.4. The standard InChI is InChI=1S/C26H18N2O14S5/c29-25(27-19-9-14-2-4-18(46(33,34)35)8-16(14)11-23(19)45-42-40-32)21-5-6-22(43-21)26(30)28-20-10-13-1-3-17(44-41-39-31)7-15(13)12-24(20)47(36,37)38/h1-12,31-32H,(H,27,29)(H,28,30)(H,33,34,35)(H,36,37,38). The fraction of sp³-hybridized carbons (Fsp3) is 0. The van der Waals surface area contributed by atoms with Crippen LogP contribution in [0.25, 0.3) is 21.5 Å². The molecule has 16 nitrogen and oxygen atoms in total. The molecule has 5 aromatic rings. The molecule has 0 radical (unpaired) electrons. The second-order valence-corrected chi connectivity index (χ2v) is 14.6. The normalized spacial score (nSPS) is 12.0. The Morgan fingerprint density at radius 2 is 1.21 bits per heavy atom. The molecular formula is C26H18N2O14S5. The lowest BCUT2D eigenvalue weighted by molar-refractivity contribution is -0.432. The van der Waals surface area contributed by atoms with Crippen LogP contribution < -0.4 is 10.6 Å². The highest BCUT2D eigenvalue weighted by Crippen LogP contribution is 2.35. The van der Waals surface area contributed by atoms with E-state index in [2.05, 4.69) is 29.4 Å². The Bertz CT molecular complexity index is 2240. The van der Waals surface area contributed by atoms with E-state index in [0.717, 1.165) is 23.5 Å². The minimum Gasteiger partial charge on any atom is -0.320 e. The number of amides is 2. The lowest BCUT2D eigenvalue weighted by atomic mass is 10.1. The summed E-state index contributed by atoms with van der Waals surface area (Å²) in [6.45, 7) is 0. The van der Waals surface area contributed by atoms with Gasteiger partial charge in [0.2, 0.25) is 0 Å². The van der Waals surface area contributed by atoms with Gasteiger partial charge < -0.3 is 10.6 Å². The quantitative estimate of drug-likeness (QED) is 0.0376. The monoisotopic (exact) mass is 742 g/mol. The van der Waals surface area contributed by atoms with Crippen LogP contribution in [0.2, 0.25) is 0 Å². The molecule has 0 saturated heterocycles. The molecule has 1 heterocycles. The topological polar surface area (TPSA) is 244 Å². The van der Waals surface area contributed by atoms with Gasteiger partial charge in [-0.05, 0) is 82.2 Å². The molecule has 0 unspecified atom stereocenters. The SMILES string of the molecule is O=C(Nc1cc2ccc(S(=O)(=O)O)cc2cc1SOOO)c1ccc(C(=O)Nc2cc3ccc(SOOO)cc3cc2S(=O)(=O)O)s1. The van der Waals surface area contributed by atoms with Gasteiger partial charge >= 0.3 is 0 Å². The van der Waals surface area contributed by atoms with Crippen molar-refractivity contribution in [1.29, 1.82) is 0 Å². The van der Waals surface area contributed by atoms with Crippen molar-refractivity contribution >= 4 is 100 Å². The minimum absolute atomic E-state index is 0.00676. The van der Waals surface area contributed by atoms with Crippen molar-refractivity contribution in [3.05, 3.63) is 82.6 Å². The smallest absolute Gasteiger partial charge is 0.296 e. The molecule has 0 bridgehead atoms. The second kappa shape index (κ2) is 14.2. The van der Waals surface area contributed by atoms with Gasteiger partial charge in [-0.25, -0.2) is 10.5 Å². The first kappa shape index (κ1) is 34.6.